The molecule has 6 atom stereocenters. The summed E-state index contributed by atoms with van der Waals surface area (Å²) in [5, 5.41) is 15.2. The van der Waals surface area contributed by atoms with Gasteiger partial charge in [-0.15, -0.1) is 0 Å². The van der Waals surface area contributed by atoms with Crippen molar-refractivity contribution in [3.63, 3.8) is 0 Å². The van der Waals surface area contributed by atoms with E-state index in [4.69, 9.17) is 9.47 Å². The highest BCUT2D eigenvalue weighted by Crippen LogP contribution is 2.32. The van der Waals surface area contributed by atoms with Crippen molar-refractivity contribution in [1.29, 1.82) is 0 Å². The van der Waals surface area contributed by atoms with Crippen molar-refractivity contribution in [2.75, 3.05) is 26.3 Å². The number of amides is 1. The molecule has 1 amide bonds. The number of rotatable bonds is 9. The van der Waals surface area contributed by atoms with E-state index in [-0.39, 0.29) is 24.4 Å². The molecule has 322 valence electrons. The first kappa shape index (κ1) is 40.6. The second-order valence-corrected chi connectivity index (χ2v) is 18.2. The van der Waals surface area contributed by atoms with Gasteiger partial charge < -0.3 is 28.8 Å². The van der Waals surface area contributed by atoms with Crippen LogP contribution in [0.25, 0.3) is 44.1 Å². The van der Waals surface area contributed by atoms with E-state index in [0.717, 1.165) is 94.1 Å². The number of benzene rings is 3. The molecule has 0 aliphatic carbocycles. The van der Waals surface area contributed by atoms with Crippen LogP contribution >= 0.6 is 0 Å². The third kappa shape index (κ3) is 8.76. The molecule has 1 N–H and O–H groups in total. The first-order chi connectivity index (χ1) is 30.4. The van der Waals surface area contributed by atoms with Gasteiger partial charge in [0, 0.05) is 108 Å². The average Bonchev–Trinajstić information content (AvgIpc) is 4.19. The van der Waals surface area contributed by atoms with Crippen LogP contribution in [-0.2, 0) is 22.6 Å². The van der Waals surface area contributed by atoms with E-state index < -0.39 is 0 Å². The predicted octanol–water partition coefficient (Wildman–Crippen LogP) is 9.96. The molecular formula is C51H60N8O3. The molecule has 0 saturated carbocycles. The van der Waals surface area contributed by atoms with Gasteiger partial charge in [-0.3, -0.25) is 4.79 Å². The SMILES string of the molecule is CC1CC(Cn2ccc3cc(-c4cnn(C5CCCCO5)c4)ccc32)CN1.CC1CC(Cn2ccc3cc(-c4cnn(C5CCCCO5)c4)ccc32)CN1C(=O)c1ccccc1. The van der Waals surface area contributed by atoms with Gasteiger partial charge in [0.25, 0.3) is 5.91 Å². The monoisotopic (exact) mass is 832 g/mol. The molecule has 8 heterocycles. The number of nitrogens with zero attached hydrogens (tertiary/aromatic N) is 7. The minimum atomic E-state index is 0.0597. The Kier molecular flexibility index (Phi) is 11.8. The molecule has 0 radical (unpaired) electrons. The third-order valence-electron chi connectivity index (χ3n) is 13.6. The number of likely N-dealkylation sites (tertiary alicyclic amines) is 1. The average molecular weight is 833 g/mol. The lowest BCUT2D eigenvalue weighted by Crippen LogP contribution is -2.34. The van der Waals surface area contributed by atoms with E-state index in [0.29, 0.717) is 12.0 Å². The van der Waals surface area contributed by atoms with Crippen molar-refractivity contribution in [3.8, 4) is 22.3 Å². The maximum Gasteiger partial charge on any atom is 0.254 e. The summed E-state index contributed by atoms with van der Waals surface area (Å²) in [4.78, 5) is 15.0. The molecule has 0 bridgehead atoms. The van der Waals surface area contributed by atoms with Crippen LogP contribution in [0.3, 0.4) is 0 Å². The lowest BCUT2D eigenvalue weighted by molar-refractivity contribution is -0.0395. The fourth-order valence-corrected chi connectivity index (χ4v) is 10.3. The number of hydrogen-bond acceptors (Lipinski definition) is 6. The van der Waals surface area contributed by atoms with Crippen LogP contribution in [-0.4, -0.2) is 77.9 Å². The molecule has 4 aromatic heterocycles. The standard InChI is InChI=1S/C29H32N4O2.C22H28N4O/c1-21-15-22(19-32(21)29(34)23-7-3-2-4-8-23)18-31-13-12-25-16-24(10-11-27(25)31)26-17-30-33(20-26)28-9-5-6-14-35-28;1-16-10-17(12-23-16)14-25-8-7-19-11-18(5-6-21(19)25)20-13-24-26(15-20)22-4-2-3-9-27-22/h2-4,7-8,10-13,16-17,20-22,28H,5-6,9,14-15,18-19H2,1H3;5-8,11,13,15-17,22-23H,2-4,9-10,12,14H2,1H3. The zero-order chi connectivity index (χ0) is 42.0. The second kappa shape index (κ2) is 18.1. The lowest BCUT2D eigenvalue weighted by atomic mass is 10.1. The highest BCUT2D eigenvalue weighted by Gasteiger charge is 2.33. The minimum absolute atomic E-state index is 0.0597. The molecule has 62 heavy (non-hydrogen) atoms. The van der Waals surface area contributed by atoms with Crippen LogP contribution in [0, 0.1) is 11.8 Å². The van der Waals surface area contributed by atoms with Crippen LogP contribution in [0.2, 0.25) is 0 Å². The van der Waals surface area contributed by atoms with Crippen LogP contribution < -0.4 is 5.32 Å². The zero-order valence-electron chi connectivity index (χ0n) is 36.2. The Hall–Kier alpha value is -5.49. The van der Waals surface area contributed by atoms with Gasteiger partial charge in [0.2, 0.25) is 0 Å². The van der Waals surface area contributed by atoms with Gasteiger partial charge >= 0.3 is 0 Å². The fourth-order valence-electron chi connectivity index (χ4n) is 10.3. The molecule has 4 aliphatic rings. The molecular weight excluding hydrogens is 773 g/mol. The summed E-state index contributed by atoms with van der Waals surface area (Å²) in [7, 11) is 0. The van der Waals surface area contributed by atoms with E-state index in [1.807, 2.05) is 57.0 Å². The van der Waals surface area contributed by atoms with Crippen molar-refractivity contribution in [3.05, 3.63) is 122 Å². The number of fused-ring (bicyclic) bond motifs is 2. The summed E-state index contributed by atoms with van der Waals surface area (Å²) in [6, 6.07) is 28.4. The Morgan fingerprint density at radius 3 is 1.79 bits per heavy atom. The smallest absolute Gasteiger partial charge is 0.254 e. The Labute approximate surface area is 364 Å². The predicted molar refractivity (Wildman–Crippen MR) is 245 cm³/mol. The fraction of sp³-hybridized carbons (Fsp3) is 0.431. The van der Waals surface area contributed by atoms with Gasteiger partial charge in [0.1, 0.15) is 12.5 Å². The Balaban J connectivity index is 0.000000153. The van der Waals surface area contributed by atoms with Gasteiger partial charge in [0.05, 0.1) is 12.4 Å². The second-order valence-electron chi connectivity index (χ2n) is 18.2. The van der Waals surface area contributed by atoms with E-state index in [1.165, 1.54) is 52.2 Å². The van der Waals surface area contributed by atoms with E-state index in [1.54, 1.807) is 0 Å². The molecule has 11 rings (SSSR count). The molecule has 7 aromatic rings. The van der Waals surface area contributed by atoms with Gasteiger partial charge in [0.15, 0.2) is 0 Å². The Bertz CT molecular complexity index is 2590. The summed E-state index contributed by atoms with van der Waals surface area (Å²) < 4.78 is 20.4. The van der Waals surface area contributed by atoms with Gasteiger partial charge in [-0.1, -0.05) is 30.3 Å². The van der Waals surface area contributed by atoms with Gasteiger partial charge in [-0.25, -0.2) is 9.36 Å². The number of ether oxygens (including phenoxy) is 2. The van der Waals surface area contributed by atoms with Crippen LogP contribution in [0.15, 0.2) is 116 Å². The maximum absolute atomic E-state index is 13.0. The first-order valence-corrected chi connectivity index (χ1v) is 23.0. The quantitative estimate of drug-likeness (QED) is 0.156. The third-order valence-corrected chi connectivity index (χ3v) is 13.6. The summed E-state index contributed by atoms with van der Waals surface area (Å²) in [5.74, 6) is 1.31. The number of hydrogen-bond donors (Lipinski definition) is 1. The number of carbonyl (C=O) groups is 1. The Morgan fingerprint density at radius 1 is 0.677 bits per heavy atom. The molecule has 3 aromatic carbocycles. The number of nitrogens with one attached hydrogen (secondary N) is 1. The maximum atomic E-state index is 13.0. The highest BCUT2D eigenvalue weighted by molar-refractivity contribution is 5.94. The number of carbonyl (C=O) groups excluding carboxylic acids is 1. The van der Waals surface area contributed by atoms with Crippen LogP contribution in [0.1, 0.15) is 88.0 Å². The van der Waals surface area contributed by atoms with Crippen molar-refractivity contribution in [2.24, 2.45) is 11.8 Å². The first-order valence-electron chi connectivity index (χ1n) is 23.0. The van der Waals surface area contributed by atoms with E-state index in [9.17, 15) is 4.79 Å². The lowest BCUT2D eigenvalue weighted by Gasteiger charge is -2.22. The highest BCUT2D eigenvalue weighted by atomic mass is 16.5. The van der Waals surface area contributed by atoms with Crippen LogP contribution in [0.4, 0.5) is 0 Å². The molecule has 11 nitrogen and oxygen atoms in total. The van der Waals surface area contributed by atoms with Gasteiger partial charge in [-0.2, -0.15) is 10.2 Å². The molecule has 4 fully saturated rings. The summed E-state index contributed by atoms with van der Waals surface area (Å²) >= 11 is 0. The van der Waals surface area contributed by atoms with Crippen LogP contribution in [0.5, 0.6) is 0 Å². The number of aromatic nitrogens is 6. The molecule has 11 heteroatoms. The molecule has 0 spiro atoms. The van der Waals surface area contributed by atoms with Crippen molar-refractivity contribution in [1.82, 2.24) is 38.9 Å². The zero-order valence-corrected chi connectivity index (χ0v) is 36.2. The summed E-state index contributed by atoms with van der Waals surface area (Å²) in [5.41, 5.74) is 8.00. The van der Waals surface area contributed by atoms with Gasteiger partial charge in [-0.05, 0) is 143 Å². The van der Waals surface area contributed by atoms with Crippen molar-refractivity contribution < 1.29 is 14.3 Å². The molecule has 6 unspecified atom stereocenters. The van der Waals surface area contributed by atoms with E-state index >= 15 is 0 Å². The molecule has 4 saturated heterocycles. The minimum Gasteiger partial charge on any atom is -0.357 e. The summed E-state index contributed by atoms with van der Waals surface area (Å²) in [6.45, 7) is 10.0. The Morgan fingerprint density at radius 2 is 1.26 bits per heavy atom. The topological polar surface area (TPSA) is 96.3 Å². The van der Waals surface area contributed by atoms with Crippen molar-refractivity contribution in [2.45, 2.75) is 103 Å². The largest absolute Gasteiger partial charge is 0.357 e. The normalized spacial score (nSPS) is 24.1. The summed E-state index contributed by atoms with van der Waals surface area (Å²) in [6.07, 6.45) is 21.8. The molecule has 4 aliphatic heterocycles. The van der Waals surface area contributed by atoms with Crippen molar-refractivity contribution >= 4 is 27.7 Å². The van der Waals surface area contributed by atoms with E-state index in [2.05, 4.69) is 112 Å².